The summed E-state index contributed by atoms with van der Waals surface area (Å²) >= 11 is 0. The Morgan fingerprint density at radius 3 is 2.50 bits per heavy atom. The molecule has 0 atom stereocenters. The van der Waals surface area contributed by atoms with Gasteiger partial charge in [-0.25, -0.2) is 0 Å². The van der Waals surface area contributed by atoms with Crippen molar-refractivity contribution in [3.05, 3.63) is 82.5 Å². The monoisotopic (exact) mass is 417 g/mol. The number of benzene rings is 1. The summed E-state index contributed by atoms with van der Waals surface area (Å²) in [6.45, 7) is -0.660. The zero-order valence-corrected chi connectivity index (χ0v) is 15.2. The van der Waals surface area contributed by atoms with Crippen LogP contribution in [-0.2, 0) is 17.5 Å². The molecule has 3 aromatic rings. The topological polar surface area (TPSA) is 101 Å². The van der Waals surface area contributed by atoms with E-state index in [1.54, 1.807) is 0 Å². The van der Waals surface area contributed by atoms with E-state index in [4.69, 9.17) is 5.11 Å². The lowest BCUT2D eigenvalue weighted by Crippen LogP contribution is -2.24. The summed E-state index contributed by atoms with van der Waals surface area (Å²) in [5.74, 6) is -2.35. The van der Waals surface area contributed by atoms with Crippen molar-refractivity contribution in [2.24, 2.45) is 0 Å². The molecule has 1 aromatic carbocycles. The van der Waals surface area contributed by atoms with Crippen LogP contribution in [0.2, 0.25) is 0 Å². The third kappa shape index (κ3) is 4.54. The Morgan fingerprint density at radius 1 is 1.10 bits per heavy atom. The number of hydrogen-bond donors (Lipinski definition) is 2. The summed E-state index contributed by atoms with van der Waals surface area (Å²) in [6.07, 6.45) is -1.11. The Balaban J connectivity index is 2.03. The van der Waals surface area contributed by atoms with Gasteiger partial charge >= 0.3 is 12.1 Å². The third-order valence-electron chi connectivity index (χ3n) is 4.11. The van der Waals surface area contributed by atoms with E-state index in [2.05, 4.69) is 10.3 Å². The smallest absolute Gasteiger partial charge is 0.417 e. The van der Waals surface area contributed by atoms with E-state index in [0.29, 0.717) is 0 Å². The van der Waals surface area contributed by atoms with Crippen LogP contribution in [0.5, 0.6) is 0 Å². The van der Waals surface area contributed by atoms with Crippen LogP contribution in [-0.4, -0.2) is 26.5 Å². The summed E-state index contributed by atoms with van der Waals surface area (Å²) in [6, 6.07) is 8.70. The number of carboxylic acid groups (broad SMARTS) is 1. The molecule has 2 heterocycles. The average molecular weight is 417 g/mol. The Bertz CT molecular complexity index is 1160. The fourth-order valence-electron chi connectivity index (χ4n) is 2.88. The molecule has 7 nitrogen and oxygen atoms in total. The molecule has 2 N–H and O–H groups in total. The number of nitrogens with zero attached hydrogens (tertiary/aromatic N) is 2. The zero-order chi connectivity index (χ0) is 21.9. The first-order valence-corrected chi connectivity index (χ1v) is 8.51. The third-order valence-corrected chi connectivity index (χ3v) is 4.11. The van der Waals surface area contributed by atoms with Gasteiger partial charge in [0.05, 0.1) is 16.8 Å². The second kappa shape index (κ2) is 8.19. The number of carboxylic acids is 1. The molecule has 0 aliphatic carbocycles. The van der Waals surface area contributed by atoms with Gasteiger partial charge in [0.25, 0.3) is 11.5 Å². The summed E-state index contributed by atoms with van der Waals surface area (Å²) < 4.78 is 42.3. The largest absolute Gasteiger partial charge is 0.480 e. The van der Waals surface area contributed by atoms with Crippen LogP contribution in [0, 0.1) is 0 Å². The molecule has 0 aliphatic heterocycles. The average Bonchev–Trinajstić information content (AvgIpc) is 2.69. The van der Waals surface area contributed by atoms with Gasteiger partial charge in [0.1, 0.15) is 6.54 Å². The standard InChI is InChI=1S/C20H14F3N3O4/c21-20(22,23)18-14(12-3-2-8-24-9-12)4-1-5-15(18)19(30)25-13-6-7-16(27)26(10-13)11-17(28)29/h1-10H,11H2,(H,25,30)(H,28,29). The van der Waals surface area contributed by atoms with Crippen LogP contribution in [0.15, 0.2) is 65.8 Å². The molecular weight excluding hydrogens is 403 g/mol. The van der Waals surface area contributed by atoms with Gasteiger partial charge in [-0.3, -0.25) is 19.4 Å². The quantitative estimate of drug-likeness (QED) is 0.664. The minimum absolute atomic E-state index is 0.0271. The molecule has 0 bridgehead atoms. The molecule has 0 saturated carbocycles. The molecule has 0 unspecified atom stereocenters. The van der Waals surface area contributed by atoms with Crippen molar-refractivity contribution in [3.8, 4) is 11.1 Å². The Kier molecular flexibility index (Phi) is 5.67. The number of hydrogen-bond acceptors (Lipinski definition) is 4. The lowest BCUT2D eigenvalue weighted by Gasteiger charge is -2.17. The fraction of sp³-hybridized carbons (Fsp3) is 0.100. The number of rotatable bonds is 5. The van der Waals surface area contributed by atoms with Crippen LogP contribution < -0.4 is 10.9 Å². The van der Waals surface area contributed by atoms with Crippen LogP contribution in [0.1, 0.15) is 15.9 Å². The number of pyridine rings is 2. The summed E-state index contributed by atoms with van der Waals surface area (Å²) in [5.41, 5.74) is -2.44. The maximum Gasteiger partial charge on any atom is 0.417 e. The van der Waals surface area contributed by atoms with Crippen molar-refractivity contribution in [3.63, 3.8) is 0 Å². The van der Waals surface area contributed by atoms with E-state index in [0.717, 1.165) is 22.9 Å². The Labute approximate surface area is 167 Å². The molecule has 1 amide bonds. The summed E-state index contributed by atoms with van der Waals surface area (Å²) in [5, 5.41) is 11.1. The summed E-state index contributed by atoms with van der Waals surface area (Å²) in [4.78, 5) is 39.0. The first-order chi connectivity index (χ1) is 14.2. The van der Waals surface area contributed by atoms with Crippen molar-refractivity contribution in [2.45, 2.75) is 12.7 Å². The number of halogens is 3. The van der Waals surface area contributed by atoms with Gasteiger partial charge in [0.15, 0.2) is 0 Å². The number of carbonyl (C=O) groups is 2. The van der Waals surface area contributed by atoms with Crippen LogP contribution in [0.25, 0.3) is 11.1 Å². The maximum atomic E-state index is 13.8. The first-order valence-electron chi connectivity index (χ1n) is 8.51. The SMILES string of the molecule is O=C(O)Cn1cc(NC(=O)c2cccc(-c3cccnc3)c2C(F)(F)F)ccc1=O. The second-order valence-corrected chi connectivity index (χ2v) is 6.20. The van der Waals surface area contributed by atoms with Gasteiger partial charge < -0.3 is 15.0 Å². The van der Waals surface area contributed by atoms with E-state index in [1.807, 2.05) is 0 Å². The van der Waals surface area contributed by atoms with Crippen LogP contribution in [0.3, 0.4) is 0 Å². The van der Waals surface area contributed by atoms with Crippen molar-refractivity contribution in [1.82, 2.24) is 9.55 Å². The predicted molar refractivity (Wildman–Crippen MR) is 101 cm³/mol. The number of nitrogens with one attached hydrogen (secondary N) is 1. The number of aliphatic carboxylic acids is 1. The highest BCUT2D eigenvalue weighted by Crippen LogP contribution is 2.39. The highest BCUT2D eigenvalue weighted by molar-refractivity contribution is 6.06. The van der Waals surface area contributed by atoms with Crippen molar-refractivity contribution >= 4 is 17.6 Å². The lowest BCUT2D eigenvalue weighted by molar-refractivity contribution is -0.138. The minimum Gasteiger partial charge on any atom is -0.480 e. The minimum atomic E-state index is -4.83. The van der Waals surface area contributed by atoms with Gasteiger partial charge in [0, 0.05) is 30.2 Å². The molecule has 0 saturated heterocycles. The lowest BCUT2D eigenvalue weighted by atomic mass is 9.95. The summed E-state index contributed by atoms with van der Waals surface area (Å²) in [7, 11) is 0. The number of aromatic nitrogens is 2. The highest BCUT2D eigenvalue weighted by Gasteiger charge is 2.38. The second-order valence-electron chi connectivity index (χ2n) is 6.20. The van der Waals surface area contributed by atoms with Gasteiger partial charge in [-0.1, -0.05) is 18.2 Å². The Hall–Kier alpha value is -3.95. The molecule has 10 heteroatoms. The molecule has 0 spiro atoms. The predicted octanol–water partition coefficient (Wildman–Crippen LogP) is 3.27. The van der Waals surface area contributed by atoms with Gasteiger partial charge in [-0.05, 0) is 23.8 Å². The molecule has 154 valence electrons. The number of amides is 1. The van der Waals surface area contributed by atoms with Gasteiger partial charge in [0.2, 0.25) is 0 Å². The fourth-order valence-corrected chi connectivity index (χ4v) is 2.88. The zero-order valence-electron chi connectivity index (χ0n) is 15.2. The number of anilines is 1. The molecule has 3 rings (SSSR count). The van der Waals surface area contributed by atoms with Crippen molar-refractivity contribution in [2.75, 3.05) is 5.32 Å². The molecule has 0 fully saturated rings. The molecule has 0 aliphatic rings. The number of alkyl halides is 3. The van der Waals surface area contributed by atoms with E-state index in [9.17, 15) is 27.6 Å². The molecule has 2 aromatic heterocycles. The van der Waals surface area contributed by atoms with E-state index in [-0.39, 0.29) is 16.8 Å². The molecular formula is C20H14F3N3O4. The van der Waals surface area contributed by atoms with Gasteiger partial charge in [-0.2, -0.15) is 13.2 Å². The normalized spacial score (nSPS) is 11.2. The molecule has 30 heavy (non-hydrogen) atoms. The van der Waals surface area contributed by atoms with Crippen molar-refractivity contribution < 1.29 is 27.9 Å². The van der Waals surface area contributed by atoms with Gasteiger partial charge in [-0.15, -0.1) is 0 Å². The van der Waals surface area contributed by atoms with Crippen molar-refractivity contribution in [1.29, 1.82) is 0 Å². The van der Waals surface area contributed by atoms with Crippen LogP contribution >= 0.6 is 0 Å². The van der Waals surface area contributed by atoms with E-state index >= 15 is 0 Å². The number of carbonyl (C=O) groups excluding carboxylic acids is 1. The maximum absolute atomic E-state index is 13.8. The Morgan fingerprint density at radius 2 is 1.87 bits per heavy atom. The first kappa shape index (κ1) is 20.8. The molecule has 0 radical (unpaired) electrons. The van der Waals surface area contributed by atoms with E-state index in [1.165, 1.54) is 42.7 Å². The highest BCUT2D eigenvalue weighted by atomic mass is 19.4. The van der Waals surface area contributed by atoms with Crippen LogP contribution in [0.4, 0.5) is 18.9 Å². The van der Waals surface area contributed by atoms with E-state index < -0.39 is 41.3 Å².